The topological polar surface area (TPSA) is 77.2 Å². The van der Waals surface area contributed by atoms with Crippen molar-refractivity contribution in [2.45, 2.75) is 26.8 Å². The molecule has 6 heteroatoms. The average molecular weight is 351 g/mol. The second-order valence-corrected chi connectivity index (χ2v) is 6.33. The maximum atomic E-state index is 11.7. The van der Waals surface area contributed by atoms with Crippen LogP contribution in [0.5, 0.6) is 5.75 Å². The molecule has 26 heavy (non-hydrogen) atoms. The van der Waals surface area contributed by atoms with Crippen LogP contribution in [0.1, 0.15) is 19.4 Å². The zero-order chi connectivity index (χ0) is 18.5. The largest absolute Gasteiger partial charge is 0.484 e. The molecule has 0 aliphatic carbocycles. The van der Waals surface area contributed by atoms with E-state index in [0.29, 0.717) is 17.5 Å². The Bertz CT molecular complexity index is 885. The van der Waals surface area contributed by atoms with Crippen LogP contribution in [0, 0.1) is 6.92 Å². The van der Waals surface area contributed by atoms with Gasteiger partial charge < -0.3 is 14.6 Å². The van der Waals surface area contributed by atoms with E-state index in [1.165, 1.54) is 5.56 Å². The highest BCUT2D eigenvalue weighted by atomic mass is 16.5. The Labute approximate surface area is 152 Å². The minimum Gasteiger partial charge on any atom is -0.484 e. The second-order valence-electron chi connectivity index (χ2n) is 6.33. The van der Waals surface area contributed by atoms with Gasteiger partial charge >= 0.3 is 0 Å². The first-order valence-electron chi connectivity index (χ1n) is 8.44. The molecule has 1 N–H and O–H groups in total. The number of carbonyl (C=O) groups is 1. The highest BCUT2D eigenvalue weighted by Gasteiger charge is 2.12. The number of nitrogens with zero attached hydrogens (tertiary/aromatic N) is 2. The predicted octanol–water partition coefficient (Wildman–Crippen LogP) is 3.62. The van der Waals surface area contributed by atoms with Gasteiger partial charge in [-0.2, -0.15) is 4.98 Å². The van der Waals surface area contributed by atoms with Gasteiger partial charge in [0.05, 0.1) is 0 Å². The lowest BCUT2D eigenvalue weighted by atomic mass is 10.1. The van der Waals surface area contributed by atoms with Crippen molar-refractivity contribution in [2.24, 2.45) is 0 Å². The molecule has 0 aliphatic heterocycles. The molecule has 3 aromatic rings. The Kier molecular flexibility index (Phi) is 5.31. The third-order valence-corrected chi connectivity index (χ3v) is 3.64. The molecule has 0 saturated carbocycles. The maximum absolute atomic E-state index is 11.7. The quantitative estimate of drug-likeness (QED) is 0.734. The standard InChI is InChI=1S/C20H21N3O3/c1-13(2)21-18(24)12-25-17-6-4-5-16(11-17)20-22-19(23-26-20)15-9-7-14(3)8-10-15/h4-11,13H,12H2,1-3H3,(H,21,24). The number of nitrogens with one attached hydrogen (secondary N) is 1. The number of carbonyl (C=O) groups excluding carboxylic acids is 1. The first-order chi connectivity index (χ1) is 12.5. The molecule has 2 aromatic carbocycles. The summed E-state index contributed by atoms with van der Waals surface area (Å²) in [5.74, 6) is 1.33. The molecule has 6 nitrogen and oxygen atoms in total. The van der Waals surface area contributed by atoms with E-state index in [9.17, 15) is 4.79 Å². The Morgan fingerprint density at radius 1 is 1.15 bits per heavy atom. The molecule has 0 radical (unpaired) electrons. The molecule has 0 atom stereocenters. The average Bonchev–Trinajstić information content (AvgIpc) is 3.10. The summed E-state index contributed by atoms with van der Waals surface area (Å²) in [6.45, 7) is 5.79. The summed E-state index contributed by atoms with van der Waals surface area (Å²) < 4.78 is 10.9. The number of ether oxygens (including phenoxy) is 1. The van der Waals surface area contributed by atoms with Crippen LogP contribution >= 0.6 is 0 Å². The first kappa shape index (κ1) is 17.7. The summed E-state index contributed by atoms with van der Waals surface area (Å²) in [7, 11) is 0. The van der Waals surface area contributed by atoms with Crippen molar-refractivity contribution in [3.05, 3.63) is 54.1 Å². The first-order valence-corrected chi connectivity index (χ1v) is 8.44. The molecule has 1 aromatic heterocycles. The van der Waals surface area contributed by atoms with Gasteiger partial charge in [-0.05, 0) is 39.0 Å². The fraction of sp³-hybridized carbons (Fsp3) is 0.250. The van der Waals surface area contributed by atoms with E-state index in [1.54, 1.807) is 12.1 Å². The van der Waals surface area contributed by atoms with Crippen molar-refractivity contribution < 1.29 is 14.1 Å². The molecule has 0 aliphatic rings. The zero-order valence-electron chi connectivity index (χ0n) is 15.0. The highest BCUT2D eigenvalue weighted by Crippen LogP contribution is 2.25. The van der Waals surface area contributed by atoms with Crippen LogP contribution in [0.15, 0.2) is 53.1 Å². The van der Waals surface area contributed by atoms with Crippen molar-refractivity contribution in [3.63, 3.8) is 0 Å². The molecule has 1 heterocycles. The Morgan fingerprint density at radius 2 is 1.92 bits per heavy atom. The van der Waals surface area contributed by atoms with Gasteiger partial charge in [-0.3, -0.25) is 4.79 Å². The lowest BCUT2D eigenvalue weighted by Crippen LogP contribution is -2.34. The fourth-order valence-electron chi connectivity index (χ4n) is 2.39. The van der Waals surface area contributed by atoms with Gasteiger partial charge in [0.1, 0.15) is 5.75 Å². The van der Waals surface area contributed by atoms with Crippen molar-refractivity contribution in [1.82, 2.24) is 15.5 Å². The SMILES string of the molecule is Cc1ccc(-c2noc(-c3cccc(OCC(=O)NC(C)C)c3)n2)cc1. The maximum Gasteiger partial charge on any atom is 0.258 e. The predicted molar refractivity (Wildman–Crippen MR) is 98.7 cm³/mol. The van der Waals surface area contributed by atoms with Crippen LogP contribution in [0.2, 0.25) is 0 Å². The summed E-state index contributed by atoms with van der Waals surface area (Å²) in [4.78, 5) is 16.1. The minimum absolute atomic E-state index is 0.0416. The van der Waals surface area contributed by atoms with Crippen LogP contribution in [0.3, 0.4) is 0 Å². The van der Waals surface area contributed by atoms with Crippen molar-refractivity contribution in [2.75, 3.05) is 6.61 Å². The third kappa shape index (κ3) is 4.47. The van der Waals surface area contributed by atoms with E-state index in [0.717, 1.165) is 11.1 Å². The number of hydrogen-bond acceptors (Lipinski definition) is 5. The van der Waals surface area contributed by atoms with Gasteiger partial charge in [-0.1, -0.05) is 41.1 Å². The van der Waals surface area contributed by atoms with E-state index in [2.05, 4.69) is 15.5 Å². The number of hydrogen-bond donors (Lipinski definition) is 1. The smallest absolute Gasteiger partial charge is 0.258 e. The van der Waals surface area contributed by atoms with Gasteiger partial charge in [-0.15, -0.1) is 0 Å². The molecule has 1 amide bonds. The van der Waals surface area contributed by atoms with Gasteiger partial charge in [0.25, 0.3) is 11.8 Å². The number of amides is 1. The fourth-order valence-corrected chi connectivity index (χ4v) is 2.39. The van der Waals surface area contributed by atoms with E-state index in [4.69, 9.17) is 9.26 Å². The molecule has 0 spiro atoms. The second kappa shape index (κ2) is 7.82. The van der Waals surface area contributed by atoms with E-state index in [-0.39, 0.29) is 18.6 Å². The summed E-state index contributed by atoms with van der Waals surface area (Å²) in [6.07, 6.45) is 0. The Morgan fingerprint density at radius 3 is 2.65 bits per heavy atom. The normalized spacial score (nSPS) is 10.8. The molecule has 134 valence electrons. The molecule has 0 saturated heterocycles. The van der Waals surface area contributed by atoms with E-state index in [1.807, 2.05) is 57.2 Å². The summed E-state index contributed by atoms with van der Waals surface area (Å²) in [5, 5.41) is 6.82. The number of benzene rings is 2. The van der Waals surface area contributed by atoms with E-state index < -0.39 is 0 Å². The molecule has 0 bridgehead atoms. The monoisotopic (exact) mass is 351 g/mol. The molecule has 0 fully saturated rings. The Hall–Kier alpha value is -3.15. The summed E-state index contributed by atoms with van der Waals surface area (Å²) in [6, 6.07) is 15.2. The molecule has 0 unspecified atom stereocenters. The van der Waals surface area contributed by atoms with Crippen LogP contribution < -0.4 is 10.1 Å². The highest BCUT2D eigenvalue weighted by molar-refractivity contribution is 5.77. The Balaban J connectivity index is 1.72. The molecule has 3 rings (SSSR count). The number of rotatable bonds is 6. The van der Waals surface area contributed by atoms with Crippen molar-refractivity contribution in [3.8, 4) is 28.6 Å². The van der Waals surface area contributed by atoms with Gasteiger partial charge in [0, 0.05) is 17.2 Å². The number of aryl methyl sites for hydroxylation is 1. The van der Waals surface area contributed by atoms with E-state index >= 15 is 0 Å². The third-order valence-electron chi connectivity index (χ3n) is 3.64. The molecular formula is C20H21N3O3. The lowest BCUT2D eigenvalue weighted by molar-refractivity contribution is -0.123. The van der Waals surface area contributed by atoms with Crippen LogP contribution in [0.25, 0.3) is 22.8 Å². The minimum atomic E-state index is -0.162. The van der Waals surface area contributed by atoms with Crippen LogP contribution in [-0.4, -0.2) is 28.7 Å². The number of aromatic nitrogens is 2. The van der Waals surface area contributed by atoms with Crippen molar-refractivity contribution in [1.29, 1.82) is 0 Å². The molecular weight excluding hydrogens is 330 g/mol. The van der Waals surface area contributed by atoms with Crippen molar-refractivity contribution >= 4 is 5.91 Å². The summed E-state index contributed by atoms with van der Waals surface area (Å²) in [5.41, 5.74) is 2.80. The van der Waals surface area contributed by atoms with Crippen LogP contribution in [0.4, 0.5) is 0 Å². The van der Waals surface area contributed by atoms with Gasteiger partial charge in [-0.25, -0.2) is 0 Å². The van der Waals surface area contributed by atoms with Gasteiger partial charge in [0.15, 0.2) is 6.61 Å². The van der Waals surface area contributed by atoms with Crippen LogP contribution in [-0.2, 0) is 4.79 Å². The van der Waals surface area contributed by atoms with Gasteiger partial charge in [0.2, 0.25) is 5.82 Å². The lowest BCUT2D eigenvalue weighted by Gasteiger charge is -2.09. The summed E-state index contributed by atoms with van der Waals surface area (Å²) >= 11 is 0. The zero-order valence-corrected chi connectivity index (χ0v) is 15.0.